The SMILES string of the molecule is COC(=O)C1=C(Nc2ccccc2)C[C@@H](c2cccc([N+](=O)[O-])c2)N(c2ccccc2)[C@@H]1c1cccc([N+](=O)[O-])c1. The molecule has 0 spiro atoms. The van der Waals surface area contributed by atoms with E-state index in [0.717, 1.165) is 11.4 Å². The Kier molecular flexibility index (Phi) is 7.73. The Labute approximate surface area is 235 Å². The number of nitro groups is 2. The smallest absolute Gasteiger partial charge is 0.337 e. The lowest BCUT2D eigenvalue weighted by molar-refractivity contribution is -0.385. The van der Waals surface area contributed by atoms with Crippen molar-refractivity contribution in [1.82, 2.24) is 0 Å². The molecule has 4 aromatic carbocycles. The van der Waals surface area contributed by atoms with Gasteiger partial charge >= 0.3 is 5.97 Å². The van der Waals surface area contributed by atoms with Crippen LogP contribution in [0, 0.1) is 20.2 Å². The Morgan fingerprint density at radius 1 is 0.805 bits per heavy atom. The first-order chi connectivity index (χ1) is 19.9. The quantitative estimate of drug-likeness (QED) is 0.145. The number of rotatable bonds is 8. The van der Waals surface area contributed by atoms with E-state index in [0.29, 0.717) is 16.8 Å². The Morgan fingerprint density at radius 2 is 1.37 bits per heavy atom. The van der Waals surface area contributed by atoms with Gasteiger partial charge in [0.15, 0.2) is 0 Å². The second-order valence-electron chi connectivity index (χ2n) is 9.44. The molecule has 1 aliphatic rings. The molecule has 10 nitrogen and oxygen atoms in total. The minimum Gasteiger partial charge on any atom is -0.466 e. The summed E-state index contributed by atoms with van der Waals surface area (Å²) in [5.74, 6) is -0.599. The third-order valence-corrected chi connectivity index (χ3v) is 7.00. The highest BCUT2D eigenvalue weighted by atomic mass is 16.6. The van der Waals surface area contributed by atoms with E-state index < -0.39 is 27.9 Å². The number of esters is 1. The summed E-state index contributed by atoms with van der Waals surface area (Å²) in [5.41, 5.74) is 3.22. The molecular weight excluding hydrogens is 524 g/mol. The number of hydrogen-bond donors (Lipinski definition) is 1. The summed E-state index contributed by atoms with van der Waals surface area (Å²) < 4.78 is 5.28. The van der Waals surface area contributed by atoms with Gasteiger partial charge in [-0.05, 0) is 35.4 Å². The maximum atomic E-state index is 13.6. The lowest BCUT2D eigenvalue weighted by Crippen LogP contribution is -2.41. The predicted molar refractivity (Wildman–Crippen MR) is 154 cm³/mol. The third kappa shape index (κ3) is 5.62. The number of carbonyl (C=O) groups excluding carboxylic acids is 1. The molecule has 206 valence electrons. The van der Waals surface area contributed by atoms with Crippen molar-refractivity contribution >= 4 is 28.7 Å². The average molecular weight is 551 g/mol. The molecule has 0 aromatic heterocycles. The molecular formula is C31H26N4O6. The molecule has 0 saturated heterocycles. The Balaban J connectivity index is 1.81. The van der Waals surface area contributed by atoms with E-state index in [4.69, 9.17) is 4.74 Å². The highest BCUT2D eigenvalue weighted by molar-refractivity contribution is 5.93. The summed E-state index contributed by atoms with van der Waals surface area (Å²) in [7, 11) is 1.29. The van der Waals surface area contributed by atoms with Gasteiger partial charge in [0.05, 0.1) is 34.6 Å². The molecule has 1 N–H and O–H groups in total. The van der Waals surface area contributed by atoms with E-state index in [1.807, 2.05) is 65.6 Å². The van der Waals surface area contributed by atoms with Crippen LogP contribution in [0.25, 0.3) is 0 Å². The zero-order valence-electron chi connectivity index (χ0n) is 22.0. The average Bonchev–Trinajstić information content (AvgIpc) is 3.01. The van der Waals surface area contributed by atoms with Crippen LogP contribution in [-0.2, 0) is 9.53 Å². The molecule has 0 fully saturated rings. The molecule has 5 rings (SSSR count). The molecule has 2 atom stereocenters. The lowest BCUT2D eigenvalue weighted by Gasteiger charge is -2.45. The van der Waals surface area contributed by atoms with Crippen molar-refractivity contribution in [2.24, 2.45) is 0 Å². The van der Waals surface area contributed by atoms with Crippen LogP contribution in [0.5, 0.6) is 0 Å². The van der Waals surface area contributed by atoms with E-state index in [9.17, 15) is 25.0 Å². The number of hydrogen-bond acceptors (Lipinski definition) is 8. The van der Waals surface area contributed by atoms with Gasteiger partial charge in [-0.15, -0.1) is 0 Å². The molecule has 4 aromatic rings. The summed E-state index contributed by atoms with van der Waals surface area (Å²) in [5, 5.41) is 26.8. The molecule has 10 heteroatoms. The Hall–Kier alpha value is -5.51. The van der Waals surface area contributed by atoms with Crippen molar-refractivity contribution in [3.63, 3.8) is 0 Å². The van der Waals surface area contributed by atoms with Gasteiger partial charge in [-0.3, -0.25) is 20.2 Å². The van der Waals surface area contributed by atoms with Gasteiger partial charge < -0.3 is 15.0 Å². The number of nitrogens with one attached hydrogen (secondary N) is 1. The number of methoxy groups -OCH3 is 1. The number of ether oxygens (including phenoxy) is 1. The minimum atomic E-state index is -0.839. The van der Waals surface area contributed by atoms with Crippen LogP contribution in [0.1, 0.15) is 29.6 Å². The van der Waals surface area contributed by atoms with Gasteiger partial charge in [0.2, 0.25) is 0 Å². The number of non-ortho nitro benzene ring substituents is 2. The standard InChI is InChI=1S/C31H26N4O6/c1-41-31(36)29-27(32-23-12-4-2-5-13-23)20-28(21-10-8-16-25(18-21)34(37)38)33(24-14-6-3-7-15-24)30(29)22-11-9-17-26(19-22)35(39)40/h2-19,28,30,32H,20H2,1H3/t28-,30+/m0/s1. The molecule has 0 aliphatic carbocycles. The molecule has 0 unspecified atom stereocenters. The van der Waals surface area contributed by atoms with Crippen molar-refractivity contribution in [1.29, 1.82) is 0 Å². The maximum absolute atomic E-state index is 13.6. The number of anilines is 2. The van der Waals surface area contributed by atoms with Gasteiger partial charge in [-0.2, -0.15) is 0 Å². The third-order valence-electron chi connectivity index (χ3n) is 7.00. The van der Waals surface area contributed by atoms with E-state index >= 15 is 0 Å². The van der Waals surface area contributed by atoms with E-state index in [2.05, 4.69) is 5.32 Å². The summed E-state index contributed by atoms with van der Waals surface area (Å²) in [4.78, 5) is 38.1. The van der Waals surface area contributed by atoms with Gasteiger partial charge in [-0.1, -0.05) is 60.7 Å². The number of nitro benzene ring substituents is 2. The summed E-state index contributed by atoms with van der Waals surface area (Å²) in [6.45, 7) is 0. The fourth-order valence-electron chi connectivity index (χ4n) is 5.23. The van der Waals surface area contributed by atoms with Gasteiger partial charge in [0.1, 0.15) is 0 Å². The molecule has 0 bridgehead atoms. The maximum Gasteiger partial charge on any atom is 0.337 e. The van der Waals surface area contributed by atoms with E-state index in [-0.39, 0.29) is 23.4 Å². The largest absolute Gasteiger partial charge is 0.466 e. The zero-order chi connectivity index (χ0) is 28.9. The van der Waals surface area contributed by atoms with Gasteiger partial charge in [0.25, 0.3) is 11.4 Å². The normalized spacial score (nSPS) is 16.7. The molecule has 0 amide bonds. The van der Waals surface area contributed by atoms with Crippen LogP contribution in [0.2, 0.25) is 0 Å². The Bertz CT molecular complexity index is 1620. The molecule has 0 radical (unpaired) electrons. The lowest BCUT2D eigenvalue weighted by atomic mass is 9.84. The molecule has 41 heavy (non-hydrogen) atoms. The summed E-state index contributed by atoms with van der Waals surface area (Å²) >= 11 is 0. The minimum absolute atomic E-state index is 0.0669. The van der Waals surface area contributed by atoms with Crippen LogP contribution >= 0.6 is 0 Å². The topological polar surface area (TPSA) is 128 Å². The summed E-state index contributed by atoms with van der Waals surface area (Å²) in [6.07, 6.45) is 0.265. The first kappa shape index (κ1) is 27.1. The van der Waals surface area contributed by atoms with Crippen molar-refractivity contribution in [3.8, 4) is 0 Å². The number of benzene rings is 4. The predicted octanol–water partition coefficient (Wildman–Crippen LogP) is 6.73. The van der Waals surface area contributed by atoms with Crippen LogP contribution in [0.3, 0.4) is 0 Å². The van der Waals surface area contributed by atoms with Crippen LogP contribution < -0.4 is 10.2 Å². The molecule has 0 saturated carbocycles. The number of carbonyl (C=O) groups is 1. The van der Waals surface area contributed by atoms with Crippen molar-refractivity contribution < 1.29 is 19.4 Å². The van der Waals surface area contributed by atoms with Crippen molar-refractivity contribution in [2.75, 3.05) is 17.3 Å². The van der Waals surface area contributed by atoms with Gasteiger partial charge in [0, 0.05) is 47.8 Å². The second-order valence-corrected chi connectivity index (χ2v) is 9.44. The summed E-state index contributed by atoms with van der Waals surface area (Å²) in [6, 6.07) is 29.8. The highest BCUT2D eigenvalue weighted by Gasteiger charge is 2.42. The first-order valence-corrected chi connectivity index (χ1v) is 12.8. The van der Waals surface area contributed by atoms with Crippen molar-refractivity contribution in [2.45, 2.75) is 18.5 Å². The molecule has 1 heterocycles. The van der Waals surface area contributed by atoms with E-state index in [1.54, 1.807) is 24.3 Å². The van der Waals surface area contributed by atoms with Crippen LogP contribution in [0.15, 0.2) is 120 Å². The highest BCUT2D eigenvalue weighted by Crippen LogP contribution is 2.48. The van der Waals surface area contributed by atoms with Gasteiger partial charge in [-0.25, -0.2) is 4.79 Å². The fourth-order valence-corrected chi connectivity index (χ4v) is 5.23. The Morgan fingerprint density at radius 3 is 1.95 bits per heavy atom. The first-order valence-electron chi connectivity index (χ1n) is 12.8. The van der Waals surface area contributed by atoms with Crippen LogP contribution in [0.4, 0.5) is 22.7 Å². The monoisotopic (exact) mass is 550 g/mol. The second kappa shape index (κ2) is 11.7. The van der Waals surface area contributed by atoms with Crippen molar-refractivity contribution in [3.05, 3.63) is 152 Å². The van der Waals surface area contributed by atoms with Crippen LogP contribution in [-0.4, -0.2) is 22.9 Å². The zero-order valence-corrected chi connectivity index (χ0v) is 22.0. The fraction of sp³-hybridized carbons (Fsp3) is 0.129. The van der Waals surface area contributed by atoms with E-state index in [1.165, 1.54) is 31.4 Å². The number of nitrogens with zero attached hydrogens (tertiary/aromatic N) is 3. The number of para-hydroxylation sites is 2. The molecule has 1 aliphatic heterocycles.